The lowest BCUT2D eigenvalue weighted by Gasteiger charge is -2.18. The van der Waals surface area contributed by atoms with Crippen LogP contribution in [-0.4, -0.2) is 28.3 Å². The summed E-state index contributed by atoms with van der Waals surface area (Å²) in [5, 5.41) is 3.22. The Hall–Kier alpha value is 0.110. The van der Waals surface area contributed by atoms with Crippen molar-refractivity contribution >= 4 is 10.8 Å². The van der Waals surface area contributed by atoms with E-state index >= 15 is 0 Å². The largest absolute Gasteiger partial charge is 0.312 e. The van der Waals surface area contributed by atoms with Crippen LogP contribution in [0.4, 0.5) is 0 Å². The number of hydrogen-bond donors (Lipinski definition) is 1. The van der Waals surface area contributed by atoms with Gasteiger partial charge in [-0.1, -0.05) is 27.7 Å². The highest BCUT2D eigenvalue weighted by molar-refractivity contribution is 7.85. The molecule has 1 aliphatic heterocycles. The smallest absolute Gasteiger partial charge is 0.0386 e. The van der Waals surface area contributed by atoms with Gasteiger partial charge in [0, 0.05) is 34.9 Å². The Kier molecular flexibility index (Phi) is 13.5. The average Bonchev–Trinajstić information content (AvgIpc) is 2.11. The van der Waals surface area contributed by atoms with Gasteiger partial charge in [0.15, 0.2) is 0 Å². The second kappa shape index (κ2) is 11.1. The highest BCUT2D eigenvalue weighted by Gasteiger charge is 2.11. The van der Waals surface area contributed by atoms with Crippen molar-refractivity contribution in [3.8, 4) is 0 Å². The van der Waals surface area contributed by atoms with Gasteiger partial charge in [0.25, 0.3) is 0 Å². The van der Waals surface area contributed by atoms with E-state index in [0.717, 1.165) is 18.1 Å². The molecule has 12 heavy (non-hydrogen) atoms. The van der Waals surface area contributed by atoms with E-state index in [4.69, 9.17) is 0 Å². The molecule has 0 saturated carbocycles. The normalized spacial score (nSPS) is 27.4. The minimum atomic E-state index is -0.533. The van der Waals surface area contributed by atoms with Crippen molar-refractivity contribution in [2.24, 2.45) is 0 Å². The summed E-state index contributed by atoms with van der Waals surface area (Å²) in [5.41, 5.74) is 0. The molecule has 0 spiro atoms. The molecule has 2 atom stereocenters. The molecule has 2 nitrogen and oxygen atoms in total. The van der Waals surface area contributed by atoms with Gasteiger partial charge >= 0.3 is 0 Å². The summed E-state index contributed by atoms with van der Waals surface area (Å²) >= 11 is 0. The summed E-state index contributed by atoms with van der Waals surface area (Å²) in [7, 11) is -0.533. The van der Waals surface area contributed by atoms with Crippen molar-refractivity contribution in [2.75, 3.05) is 18.1 Å². The van der Waals surface area contributed by atoms with Gasteiger partial charge in [-0.2, -0.15) is 0 Å². The van der Waals surface area contributed by atoms with Crippen LogP contribution >= 0.6 is 0 Å². The predicted octanol–water partition coefficient (Wildman–Crippen LogP) is 1.78. The Balaban J connectivity index is 0. The summed E-state index contributed by atoms with van der Waals surface area (Å²) in [4.78, 5) is 0. The van der Waals surface area contributed by atoms with Crippen molar-refractivity contribution < 1.29 is 4.21 Å². The lowest BCUT2D eigenvalue weighted by Crippen LogP contribution is -2.40. The summed E-state index contributed by atoms with van der Waals surface area (Å²) in [6.45, 7) is 11.0. The molecule has 0 bridgehead atoms. The third kappa shape index (κ3) is 8.21. The molecule has 1 aliphatic rings. The van der Waals surface area contributed by atoms with E-state index in [0.29, 0.717) is 6.04 Å². The first kappa shape index (κ1) is 14.6. The van der Waals surface area contributed by atoms with Gasteiger partial charge in [0.2, 0.25) is 0 Å². The zero-order chi connectivity index (χ0) is 9.98. The van der Waals surface area contributed by atoms with Crippen molar-refractivity contribution in [1.29, 1.82) is 0 Å². The predicted molar refractivity (Wildman–Crippen MR) is 58.0 cm³/mol. The van der Waals surface area contributed by atoms with Gasteiger partial charge in [-0.25, -0.2) is 0 Å². The molecule has 1 saturated heterocycles. The maximum absolute atomic E-state index is 10.7. The molecule has 1 rings (SSSR count). The topological polar surface area (TPSA) is 29.1 Å². The molecule has 0 aliphatic carbocycles. The highest BCUT2D eigenvalue weighted by atomic mass is 32.2. The quantitative estimate of drug-likeness (QED) is 0.635. The Morgan fingerprint density at radius 3 is 2.00 bits per heavy atom. The summed E-state index contributed by atoms with van der Waals surface area (Å²) < 4.78 is 10.7. The zero-order valence-corrected chi connectivity index (χ0v) is 9.83. The zero-order valence-electron chi connectivity index (χ0n) is 9.02. The van der Waals surface area contributed by atoms with Crippen LogP contribution in [0.25, 0.3) is 0 Å². The molecule has 3 heteroatoms. The van der Waals surface area contributed by atoms with Crippen molar-refractivity contribution in [1.82, 2.24) is 5.32 Å². The summed E-state index contributed by atoms with van der Waals surface area (Å²) in [6.07, 6.45) is 0. The van der Waals surface area contributed by atoms with E-state index in [1.807, 2.05) is 27.7 Å². The van der Waals surface area contributed by atoms with E-state index in [1.165, 1.54) is 0 Å². The summed E-state index contributed by atoms with van der Waals surface area (Å²) in [5.74, 6) is 1.67. The monoisotopic (exact) mass is 193 g/mol. The fourth-order valence-electron chi connectivity index (χ4n) is 0.840. The average molecular weight is 193 g/mol. The first-order chi connectivity index (χ1) is 5.79. The van der Waals surface area contributed by atoms with Crippen molar-refractivity contribution in [3.63, 3.8) is 0 Å². The lowest BCUT2D eigenvalue weighted by atomic mass is 10.4. The first-order valence-electron chi connectivity index (χ1n) is 4.87. The lowest BCUT2D eigenvalue weighted by molar-refractivity contribution is 0.584. The van der Waals surface area contributed by atoms with Crippen LogP contribution in [0.15, 0.2) is 0 Å². The van der Waals surface area contributed by atoms with Crippen LogP contribution in [0.5, 0.6) is 0 Å². The highest BCUT2D eigenvalue weighted by Crippen LogP contribution is 1.93. The van der Waals surface area contributed by atoms with Crippen LogP contribution in [0.1, 0.15) is 34.6 Å². The molecule has 0 radical (unpaired) electrons. The second-order valence-corrected chi connectivity index (χ2v) is 3.79. The van der Waals surface area contributed by atoms with Crippen LogP contribution in [0.3, 0.4) is 0 Å². The Bertz CT molecular complexity index is 107. The van der Waals surface area contributed by atoms with Gasteiger partial charge in [-0.15, -0.1) is 0 Å². The Morgan fingerprint density at radius 1 is 1.25 bits per heavy atom. The van der Waals surface area contributed by atoms with E-state index in [2.05, 4.69) is 12.2 Å². The van der Waals surface area contributed by atoms with Gasteiger partial charge in [0.1, 0.15) is 0 Å². The summed E-state index contributed by atoms with van der Waals surface area (Å²) in [6, 6.07) is 0.463. The molecule has 76 valence electrons. The molecule has 1 fully saturated rings. The van der Waals surface area contributed by atoms with E-state index in [-0.39, 0.29) is 0 Å². The van der Waals surface area contributed by atoms with Crippen LogP contribution < -0.4 is 5.32 Å². The minimum Gasteiger partial charge on any atom is -0.312 e. The molecule has 0 aromatic heterocycles. The molecule has 0 amide bonds. The third-order valence-electron chi connectivity index (χ3n) is 1.26. The van der Waals surface area contributed by atoms with Crippen molar-refractivity contribution in [2.45, 2.75) is 40.7 Å². The standard InChI is InChI=1S/C5H11NOS.2C2H6/c1-5-4-8(7)3-2-6-5;2*1-2/h5-6H,2-4H2,1H3;2*1-2H3. The van der Waals surface area contributed by atoms with Crippen LogP contribution in [-0.2, 0) is 10.8 Å². The molecule has 0 aromatic rings. The number of rotatable bonds is 0. The molecule has 1 N–H and O–H groups in total. The molecule has 1 heterocycles. The molecular weight excluding hydrogens is 170 g/mol. The van der Waals surface area contributed by atoms with Gasteiger partial charge < -0.3 is 5.32 Å². The third-order valence-corrected chi connectivity index (χ3v) is 2.79. The molecular formula is C9H23NOS. The maximum atomic E-state index is 10.7. The van der Waals surface area contributed by atoms with Crippen LogP contribution in [0, 0.1) is 0 Å². The Labute approximate surface area is 79.6 Å². The molecule has 0 aromatic carbocycles. The van der Waals surface area contributed by atoms with Crippen LogP contribution in [0.2, 0.25) is 0 Å². The second-order valence-electron chi connectivity index (χ2n) is 2.17. The maximum Gasteiger partial charge on any atom is 0.0386 e. The Morgan fingerprint density at radius 2 is 1.75 bits per heavy atom. The van der Waals surface area contributed by atoms with E-state index in [9.17, 15) is 4.21 Å². The fourth-order valence-corrected chi connectivity index (χ4v) is 2.03. The van der Waals surface area contributed by atoms with Crippen molar-refractivity contribution in [3.05, 3.63) is 0 Å². The number of hydrogen-bond acceptors (Lipinski definition) is 2. The minimum absolute atomic E-state index is 0.463. The van der Waals surface area contributed by atoms with Gasteiger partial charge in [-0.3, -0.25) is 4.21 Å². The first-order valence-corrected chi connectivity index (χ1v) is 6.36. The van der Waals surface area contributed by atoms with E-state index < -0.39 is 10.8 Å². The van der Waals surface area contributed by atoms with E-state index in [1.54, 1.807) is 0 Å². The number of nitrogens with one attached hydrogen (secondary N) is 1. The van der Waals surface area contributed by atoms with Gasteiger partial charge in [-0.05, 0) is 6.92 Å². The molecule has 2 unspecified atom stereocenters. The SMILES string of the molecule is CC.CC.CC1CS(=O)CCN1. The fraction of sp³-hybridized carbons (Fsp3) is 1.00. The van der Waals surface area contributed by atoms with Gasteiger partial charge in [0.05, 0.1) is 0 Å².